The van der Waals surface area contributed by atoms with E-state index in [0.29, 0.717) is 11.3 Å². The van der Waals surface area contributed by atoms with Gasteiger partial charge in [-0.15, -0.1) is 0 Å². The second-order valence-corrected chi connectivity index (χ2v) is 4.33. The summed E-state index contributed by atoms with van der Waals surface area (Å²) in [5, 5.41) is 19.0. The number of carboxylic acid groups (broad SMARTS) is 1. The minimum Gasteiger partial charge on any atom is -0.508 e. The molecule has 0 spiro atoms. The predicted molar refractivity (Wildman–Crippen MR) is 73.5 cm³/mol. The molecule has 98 valence electrons. The smallest absolute Gasteiger partial charge is 0.412 e. The van der Waals surface area contributed by atoms with Crippen LogP contribution in [0.4, 0.5) is 10.5 Å². The SMILES string of the molecule is Cc1ccc(N(Cc2ccccc2)C(=O)O)cc1O. The van der Waals surface area contributed by atoms with Gasteiger partial charge in [-0.25, -0.2) is 4.79 Å². The fraction of sp³-hybridized carbons (Fsp3) is 0.133. The third-order valence-corrected chi connectivity index (χ3v) is 2.92. The quantitative estimate of drug-likeness (QED) is 0.886. The van der Waals surface area contributed by atoms with Gasteiger partial charge >= 0.3 is 6.09 Å². The van der Waals surface area contributed by atoms with E-state index < -0.39 is 6.09 Å². The summed E-state index contributed by atoms with van der Waals surface area (Å²) in [4.78, 5) is 12.5. The molecule has 0 aliphatic rings. The van der Waals surface area contributed by atoms with Crippen molar-refractivity contribution in [1.29, 1.82) is 0 Å². The Balaban J connectivity index is 2.30. The number of phenolic OH excluding ortho intramolecular Hbond substituents is 1. The van der Waals surface area contributed by atoms with Gasteiger partial charge < -0.3 is 10.2 Å². The van der Waals surface area contributed by atoms with Gasteiger partial charge in [0.1, 0.15) is 5.75 Å². The van der Waals surface area contributed by atoms with Crippen molar-refractivity contribution in [3.63, 3.8) is 0 Å². The van der Waals surface area contributed by atoms with Crippen LogP contribution in [0.3, 0.4) is 0 Å². The number of aromatic hydroxyl groups is 1. The van der Waals surface area contributed by atoms with Crippen molar-refractivity contribution in [3.8, 4) is 5.75 Å². The van der Waals surface area contributed by atoms with Crippen LogP contribution in [0.1, 0.15) is 11.1 Å². The molecule has 0 aliphatic carbocycles. The van der Waals surface area contributed by atoms with E-state index in [1.165, 1.54) is 11.0 Å². The lowest BCUT2D eigenvalue weighted by atomic mass is 10.1. The molecule has 0 radical (unpaired) electrons. The van der Waals surface area contributed by atoms with Crippen LogP contribution in [0.5, 0.6) is 5.75 Å². The Hall–Kier alpha value is -2.49. The number of amides is 1. The highest BCUT2D eigenvalue weighted by Gasteiger charge is 2.15. The standard InChI is InChI=1S/C15H15NO3/c1-11-7-8-13(9-14(11)17)16(15(18)19)10-12-5-3-2-4-6-12/h2-9,17H,10H2,1H3,(H,18,19). The zero-order valence-electron chi connectivity index (χ0n) is 10.6. The van der Waals surface area contributed by atoms with Crippen molar-refractivity contribution in [2.45, 2.75) is 13.5 Å². The van der Waals surface area contributed by atoms with Gasteiger partial charge in [0, 0.05) is 6.07 Å². The highest BCUT2D eigenvalue weighted by Crippen LogP contribution is 2.25. The Labute approximate surface area is 111 Å². The van der Waals surface area contributed by atoms with E-state index in [4.69, 9.17) is 0 Å². The van der Waals surface area contributed by atoms with E-state index in [9.17, 15) is 15.0 Å². The summed E-state index contributed by atoms with van der Waals surface area (Å²) in [7, 11) is 0. The third kappa shape index (κ3) is 3.04. The first-order valence-corrected chi connectivity index (χ1v) is 5.92. The zero-order chi connectivity index (χ0) is 13.8. The molecule has 0 unspecified atom stereocenters. The van der Waals surface area contributed by atoms with Crippen molar-refractivity contribution in [2.24, 2.45) is 0 Å². The van der Waals surface area contributed by atoms with Crippen molar-refractivity contribution < 1.29 is 15.0 Å². The summed E-state index contributed by atoms with van der Waals surface area (Å²) < 4.78 is 0. The summed E-state index contributed by atoms with van der Waals surface area (Å²) in [5.41, 5.74) is 2.07. The molecule has 2 N–H and O–H groups in total. The summed E-state index contributed by atoms with van der Waals surface area (Å²) >= 11 is 0. The van der Waals surface area contributed by atoms with E-state index in [0.717, 1.165) is 5.56 Å². The van der Waals surface area contributed by atoms with Gasteiger partial charge in [0.05, 0.1) is 12.2 Å². The number of aryl methyl sites for hydroxylation is 1. The minimum absolute atomic E-state index is 0.0943. The fourth-order valence-electron chi connectivity index (χ4n) is 1.80. The topological polar surface area (TPSA) is 60.8 Å². The number of anilines is 1. The molecule has 0 fully saturated rings. The molecular formula is C15H15NO3. The number of carbonyl (C=O) groups is 1. The Kier molecular flexibility index (Phi) is 3.71. The molecule has 4 heteroatoms. The van der Waals surface area contributed by atoms with Crippen LogP contribution < -0.4 is 4.90 Å². The van der Waals surface area contributed by atoms with Gasteiger partial charge in [-0.05, 0) is 24.1 Å². The maximum absolute atomic E-state index is 11.3. The molecule has 2 rings (SSSR count). The molecule has 0 saturated carbocycles. The number of benzene rings is 2. The predicted octanol–water partition coefficient (Wildman–Crippen LogP) is 3.39. The minimum atomic E-state index is -1.05. The number of phenols is 1. The number of nitrogens with zero attached hydrogens (tertiary/aromatic N) is 1. The Morgan fingerprint density at radius 3 is 2.42 bits per heavy atom. The first-order valence-electron chi connectivity index (χ1n) is 5.92. The molecule has 0 saturated heterocycles. The van der Waals surface area contributed by atoms with Crippen LogP contribution in [0, 0.1) is 6.92 Å². The van der Waals surface area contributed by atoms with Gasteiger partial charge in [-0.2, -0.15) is 0 Å². The van der Waals surface area contributed by atoms with Gasteiger partial charge in [-0.1, -0.05) is 36.4 Å². The molecule has 2 aromatic carbocycles. The number of hydrogen-bond acceptors (Lipinski definition) is 2. The lowest BCUT2D eigenvalue weighted by Gasteiger charge is -2.20. The largest absolute Gasteiger partial charge is 0.508 e. The molecule has 0 bridgehead atoms. The highest BCUT2D eigenvalue weighted by molar-refractivity contribution is 5.86. The first kappa shape index (κ1) is 13.0. The van der Waals surface area contributed by atoms with E-state index >= 15 is 0 Å². The molecule has 4 nitrogen and oxygen atoms in total. The van der Waals surface area contributed by atoms with Gasteiger partial charge in [0.25, 0.3) is 0 Å². The lowest BCUT2D eigenvalue weighted by Crippen LogP contribution is -2.28. The van der Waals surface area contributed by atoms with Gasteiger partial charge in [-0.3, -0.25) is 4.90 Å². The number of hydrogen-bond donors (Lipinski definition) is 2. The van der Waals surface area contributed by atoms with Crippen LogP contribution in [-0.2, 0) is 6.54 Å². The van der Waals surface area contributed by atoms with Crippen molar-refractivity contribution in [2.75, 3.05) is 4.90 Å². The molecule has 0 heterocycles. The second kappa shape index (κ2) is 5.44. The summed E-state index contributed by atoms with van der Waals surface area (Å²) in [5.74, 6) is 0.0943. The highest BCUT2D eigenvalue weighted by atomic mass is 16.4. The van der Waals surface area contributed by atoms with Crippen LogP contribution in [-0.4, -0.2) is 16.3 Å². The third-order valence-electron chi connectivity index (χ3n) is 2.92. The lowest BCUT2D eigenvalue weighted by molar-refractivity contribution is 0.201. The van der Waals surface area contributed by atoms with Gasteiger partial charge in [0.2, 0.25) is 0 Å². The Bertz CT molecular complexity index is 581. The van der Waals surface area contributed by atoms with E-state index in [2.05, 4.69) is 0 Å². The van der Waals surface area contributed by atoms with Crippen LogP contribution in [0.15, 0.2) is 48.5 Å². The molecule has 0 aromatic heterocycles. The van der Waals surface area contributed by atoms with E-state index in [1.807, 2.05) is 30.3 Å². The molecule has 2 aromatic rings. The summed E-state index contributed by atoms with van der Waals surface area (Å²) in [6.07, 6.45) is -1.05. The zero-order valence-corrected chi connectivity index (χ0v) is 10.6. The average Bonchev–Trinajstić information content (AvgIpc) is 2.40. The molecule has 0 atom stereocenters. The first-order chi connectivity index (χ1) is 9.08. The van der Waals surface area contributed by atoms with Crippen LogP contribution in [0.25, 0.3) is 0 Å². The van der Waals surface area contributed by atoms with Crippen LogP contribution in [0.2, 0.25) is 0 Å². The normalized spacial score (nSPS) is 10.2. The van der Waals surface area contributed by atoms with E-state index in [1.54, 1.807) is 19.1 Å². The molecular weight excluding hydrogens is 242 g/mol. The van der Waals surface area contributed by atoms with Crippen molar-refractivity contribution >= 4 is 11.8 Å². The average molecular weight is 257 g/mol. The molecule has 0 aliphatic heterocycles. The molecule has 19 heavy (non-hydrogen) atoms. The van der Waals surface area contributed by atoms with E-state index in [-0.39, 0.29) is 12.3 Å². The van der Waals surface area contributed by atoms with Crippen LogP contribution >= 0.6 is 0 Å². The summed E-state index contributed by atoms with van der Waals surface area (Å²) in [6, 6.07) is 14.2. The molecule has 1 amide bonds. The monoisotopic (exact) mass is 257 g/mol. The Morgan fingerprint density at radius 2 is 1.84 bits per heavy atom. The van der Waals surface area contributed by atoms with Crippen molar-refractivity contribution in [1.82, 2.24) is 0 Å². The maximum Gasteiger partial charge on any atom is 0.412 e. The Morgan fingerprint density at radius 1 is 1.16 bits per heavy atom. The van der Waals surface area contributed by atoms with Gasteiger partial charge in [0.15, 0.2) is 0 Å². The van der Waals surface area contributed by atoms with Crippen molar-refractivity contribution in [3.05, 3.63) is 59.7 Å². The maximum atomic E-state index is 11.3. The fourth-order valence-corrected chi connectivity index (χ4v) is 1.80. The summed E-state index contributed by atoms with van der Waals surface area (Å²) in [6.45, 7) is 2.01. The second-order valence-electron chi connectivity index (χ2n) is 4.33. The number of rotatable bonds is 3.